The van der Waals surface area contributed by atoms with Crippen LogP contribution in [-0.4, -0.2) is 50.6 Å². The Morgan fingerprint density at radius 1 is 1.06 bits per heavy atom. The highest BCUT2D eigenvalue weighted by Gasteiger charge is 2.60. The number of hydrogen-bond acceptors (Lipinski definition) is 4. The summed E-state index contributed by atoms with van der Waals surface area (Å²) in [6, 6.07) is 5.99. The number of hydrogen-bond donors (Lipinski definition) is 1. The number of rotatable bonds is 6. The van der Waals surface area contributed by atoms with Gasteiger partial charge >= 0.3 is 0 Å². The molecule has 3 fully saturated rings. The molecule has 1 aromatic rings. The van der Waals surface area contributed by atoms with E-state index in [0.29, 0.717) is 47.6 Å². The van der Waals surface area contributed by atoms with Crippen molar-refractivity contribution >= 4 is 11.8 Å². The van der Waals surface area contributed by atoms with Gasteiger partial charge in [-0.25, -0.2) is 0 Å². The van der Waals surface area contributed by atoms with Crippen LogP contribution in [0.1, 0.15) is 57.9 Å². The van der Waals surface area contributed by atoms with Crippen LogP contribution in [0.3, 0.4) is 0 Å². The van der Waals surface area contributed by atoms with Gasteiger partial charge in [-0.2, -0.15) is 0 Å². The Hall–Kier alpha value is -2.50. The molecule has 0 radical (unpaired) electrons. The molecule has 196 valence electrons. The topological polar surface area (TPSA) is 67.9 Å². The van der Waals surface area contributed by atoms with Gasteiger partial charge in [0.2, 0.25) is 11.8 Å². The summed E-state index contributed by atoms with van der Waals surface area (Å²) in [5, 5.41) is 3.27. The van der Waals surface area contributed by atoms with Crippen LogP contribution in [0.15, 0.2) is 30.4 Å². The van der Waals surface area contributed by atoms with Gasteiger partial charge in [0.05, 0.1) is 20.6 Å². The molecule has 0 aromatic heterocycles. The molecule has 6 nitrogen and oxygen atoms in total. The van der Waals surface area contributed by atoms with Crippen LogP contribution in [0.5, 0.6) is 11.5 Å². The molecule has 4 aliphatic rings. The maximum absolute atomic E-state index is 12.8. The molecule has 3 saturated carbocycles. The summed E-state index contributed by atoms with van der Waals surface area (Å²) < 4.78 is 10.7. The number of methoxy groups -OCH3 is 2. The smallest absolute Gasteiger partial charge is 0.246 e. The van der Waals surface area contributed by atoms with Crippen molar-refractivity contribution in [3.63, 3.8) is 0 Å². The van der Waals surface area contributed by atoms with Crippen molar-refractivity contribution in [2.24, 2.45) is 34.5 Å². The highest BCUT2D eigenvalue weighted by Crippen LogP contribution is 2.65. The predicted octanol–water partition coefficient (Wildman–Crippen LogP) is 4.62. The zero-order valence-corrected chi connectivity index (χ0v) is 22.5. The van der Waals surface area contributed by atoms with E-state index in [9.17, 15) is 9.59 Å². The molecule has 0 bridgehead atoms. The van der Waals surface area contributed by atoms with Crippen LogP contribution < -0.4 is 14.8 Å². The molecule has 7 atom stereocenters. The molecule has 1 aromatic carbocycles. The number of fused-ring (bicyclic) bond motifs is 5. The Labute approximate surface area is 215 Å². The fraction of sp³-hybridized carbons (Fsp3) is 0.667. The molecule has 5 rings (SSSR count). The predicted molar refractivity (Wildman–Crippen MR) is 140 cm³/mol. The van der Waals surface area contributed by atoms with Crippen molar-refractivity contribution in [1.29, 1.82) is 0 Å². The summed E-state index contributed by atoms with van der Waals surface area (Å²) in [6.45, 7) is 5.65. The van der Waals surface area contributed by atoms with Gasteiger partial charge in [0.1, 0.15) is 0 Å². The van der Waals surface area contributed by atoms with Crippen LogP contribution in [0, 0.1) is 34.5 Å². The van der Waals surface area contributed by atoms with Gasteiger partial charge in [-0.05, 0) is 91.4 Å². The minimum Gasteiger partial charge on any atom is -0.493 e. The van der Waals surface area contributed by atoms with E-state index >= 15 is 0 Å². The average molecular weight is 495 g/mol. The van der Waals surface area contributed by atoms with E-state index in [1.165, 1.54) is 32.1 Å². The largest absolute Gasteiger partial charge is 0.493 e. The number of nitrogens with zero attached hydrogens (tertiary/aromatic N) is 1. The molecule has 1 N–H and O–H groups in total. The van der Waals surface area contributed by atoms with Gasteiger partial charge in [-0.15, -0.1) is 0 Å². The minimum atomic E-state index is 0.0658. The number of amides is 2. The number of carbonyl (C=O) groups excluding carboxylic acids is 2. The van der Waals surface area contributed by atoms with Gasteiger partial charge in [0, 0.05) is 25.0 Å². The first-order valence-corrected chi connectivity index (χ1v) is 13.6. The molecule has 2 amide bonds. The Morgan fingerprint density at radius 3 is 2.58 bits per heavy atom. The Balaban J connectivity index is 1.23. The first kappa shape index (κ1) is 25.2. The SMILES string of the molecule is COc1ccc(CC(=O)NC[C@H]2CC[C@H]3[C@@H]4CC[C@H]5N(C)C(=O)C=C[C@]5(C)[C@H]4CC[C@]23C)cc1OC. The number of likely N-dealkylation sites (N-methyl/N-ethyl adjacent to an activating group) is 1. The lowest BCUT2D eigenvalue weighted by molar-refractivity contribution is -0.139. The van der Waals surface area contributed by atoms with Crippen LogP contribution in [0.2, 0.25) is 0 Å². The monoisotopic (exact) mass is 494 g/mol. The summed E-state index contributed by atoms with van der Waals surface area (Å²) in [6.07, 6.45) is 11.6. The molecular formula is C30H42N2O4. The van der Waals surface area contributed by atoms with E-state index in [2.05, 4.69) is 25.2 Å². The summed E-state index contributed by atoms with van der Waals surface area (Å²) in [5.41, 5.74) is 1.29. The van der Waals surface area contributed by atoms with Gasteiger partial charge < -0.3 is 19.7 Å². The highest BCUT2D eigenvalue weighted by atomic mass is 16.5. The lowest BCUT2D eigenvalue weighted by Gasteiger charge is -2.60. The number of nitrogens with one attached hydrogen (secondary N) is 1. The molecule has 6 heteroatoms. The van der Waals surface area contributed by atoms with Crippen molar-refractivity contribution in [3.05, 3.63) is 35.9 Å². The van der Waals surface area contributed by atoms with Crippen molar-refractivity contribution in [2.45, 2.75) is 64.8 Å². The second kappa shape index (κ2) is 9.42. The normalized spacial score (nSPS) is 37.1. The Kier molecular flexibility index (Phi) is 6.59. The van der Waals surface area contributed by atoms with Crippen LogP contribution in [0.25, 0.3) is 0 Å². The lowest BCUT2D eigenvalue weighted by atomic mass is 9.47. The quantitative estimate of drug-likeness (QED) is 0.627. The van der Waals surface area contributed by atoms with Gasteiger partial charge in [-0.1, -0.05) is 26.0 Å². The Bertz CT molecular complexity index is 1050. The molecule has 0 unspecified atom stereocenters. The molecule has 3 aliphatic carbocycles. The number of ether oxygens (including phenoxy) is 2. The van der Waals surface area contributed by atoms with Crippen molar-refractivity contribution in [1.82, 2.24) is 10.2 Å². The van der Waals surface area contributed by atoms with Crippen molar-refractivity contribution < 1.29 is 19.1 Å². The van der Waals surface area contributed by atoms with Gasteiger partial charge in [-0.3, -0.25) is 9.59 Å². The zero-order chi connectivity index (χ0) is 25.7. The Morgan fingerprint density at radius 2 is 1.83 bits per heavy atom. The summed E-state index contributed by atoms with van der Waals surface area (Å²) in [4.78, 5) is 27.2. The third-order valence-corrected chi connectivity index (χ3v) is 10.7. The van der Waals surface area contributed by atoms with E-state index in [0.717, 1.165) is 18.5 Å². The number of carbonyl (C=O) groups is 2. The zero-order valence-electron chi connectivity index (χ0n) is 22.5. The molecule has 0 saturated heterocycles. The maximum Gasteiger partial charge on any atom is 0.246 e. The van der Waals surface area contributed by atoms with E-state index in [1.807, 2.05) is 36.2 Å². The third kappa shape index (κ3) is 4.01. The fourth-order valence-electron chi connectivity index (χ4n) is 8.66. The van der Waals surface area contributed by atoms with E-state index in [1.54, 1.807) is 14.2 Å². The summed E-state index contributed by atoms with van der Waals surface area (Å²) in [7, 11) is 5.21. The first-order valence-electron chi connectivity index (χ1n) is 13.6. The minimum absolute atomic E-state index is 0.0658. The van der Waals surface area contributed by atoms with E-state index in [-0.39, 0.29) is 22.6 Å². The van der Waals surface area contributed by atoms with Crippen molar-refractivity contribution in [3.8, 4) is 11.5 Å². The standard InChI is InChI=1S/C30H42N2O4/c1-29-14-12-23-21(8-11-26-30(23,2)15-13-28(34)32(26)3)22(29)9-7-20(29)18-31-27(33)17-19-6-10-24(35-4)25(16-19)36-5/h6,10,13,15-16,20-23,26H,7-9,11-12,14,17-18H2,1-5H3,(H,31,33)/t20-,21+,22+,23+,26-,29-,30-/m1/s1. The van der Waals surface area contributed by atoms with Gasteiger partial charge in [0.25, 0.3) is 0 Å². The highest BCUT2D eigenvalue weighted by molar-refractivity contribution is 5.89. The third-order valence-electron chi connectivity index (χ3n) is 10.7. The molecule has 0 spiro atoms. The molecular weight excluding hydrogens is 452 g/mol. The van der Waals surface area contributed by atoms with E-state index < -0.39 is 0 Å². The van der Waals surface area contributed by atoms with Gasteiger partial charge in [0.15, 0.2) is 11.5 Å². The lowest BCUT2D eigenvalue weighted by Crippen LogP contribution is -2.59. The number of benzene rings is 1. The fourth-order valence-corrected chi connectivity index (χ4v) is 8.66. The summed E-state index contributed by atoms with van der Waals surface area (Å²) >= 11 is 0. The molecule has 1 heterocycles. The second-order valence-corrected chi connectivity index (χ2v) is 12.1. The van der Waals surface area contributed by atoms with Crippen LogP contribution in [-0.2, 0) is 16.0 Å². The second-order valence-electron chi connectivity index (χ2n) is 12.1. The first-order chi connectivity index (χ1) is 17.2. The average Bonchev–Trinajstić information content (AvgIpc) is 3.21. The van der Waals surface area contributed by atoms with Crippen LogP contribution in [0.4, 0.5) is 0 Å². The van der Waals surface area contributed by atoms with Crippen molar-refractivity contribution in [2.75, 3.05) is 27.8 Å². The van der Waals surface area contributed by atoms with E-state index in [4.69, 9.17) is 9.47 Å². The molecule has 36 heavy (non-hydrogen) atoms. The maximum atomic E-state index is 12.8. The van der Waals surface area contributed by atoms with Crippen LogP contribution >= 0.6 is 0 Å². The molecule has 1 aliphatic heterocycles. The summed E-state index contributed by atoms with van der Waals surface area (Å²) in [5.74, 6) is 4.12.